The number of unbranched alkanes of at least 4 members (excludes halogenated alkanes) is 2. The first kappa shape index (κ1) is 15.6. The molecule has 0 spiro atoms. The normalized spacial score (nSPS) is 10.3. The average Bonchev–Trinajstić information content (AvgIpc) is 2.39. The second-order valence-corrected chi connectivity index (χ2v) is 4.41. The zero-order valence-electron chi connectivity index (χ0n) is 10.5. The summed E-state index contributed by atoms with van der Waals surface area (Å²) >= 11 is 3.87. The molecular weight excluding hydrogens is 274 g/mol. The van der Waals surface area contributed by atoms with Crippen molar-refractivity contribution in [3.63, 3.8) is 0 Å². The fourth-order valence-electron chi connectivity index (χ4n) is 1.44. The van der Waals surface area contributed by atoms with Crippen LogP contribution in [-0.4, -0.2) is 17.7 Å². The van der Waals surface area contributed by atoms with E-state index in [4.69, 9.17) is 5.11 Å². The van der Waals surface area contributed by atoms with Crippen molar-refractivity contribution in [1.82, 2.24) is 5.32 Å². The van der Waals surface area contributed by atoms with Crippen LogP contribution in [0.15, 0.2) is 12.1 Å². The van der Waals surface area contributed by atoms with Crippen LogP contribution in [0.25, 0.3) is 0 Å². The maximum atomic E-state index is 13.1. The number of aromatic hydroxyl groups is 1. The Hall–Kier alpha value is -1.50. The fourth-order valence-corrected chi connectivity index (χ4v) is 1.62. The van der Waals surface area contributed by atoms with E-state index in [0.29, 0.717) is 6.54 Å². The third-order valence-corrected chi connectivity index (χ3v) is 2.91. The number of rotatable bonds is 5. The van der Waals surface area contributed by atoms with E-state index >= 15 is 0 Å². The number of nitrogens with zero attached hydrogens (tertiary/aromatic N) is 1. The van der Waals surface area contributed by atoms with Gasteiger partial charge in [0.2, 0.25) is 0 Å². The lowest BCUT2D eigenvalue weighted by Gasteiger charge is -2.17. The van der Waals surface area contributed by atoms with Crippen molar-refractivity contribution in [1.29, 1.82) is 0 Å². The van der Waals surface area contributed by atoms with Crippen LogP contribution in [0, 0.1) is 11.6 Å². The third kappa shape index (κ3) is 4.27. The van der Waals surface area contributed by atoms with E-state index in [1.54, 1.807) is 0 Å². The lowest BCUT2D eigenvalue weighted by molar-refractivity contribution is 0.249. The zero-order valence-corrected chi connectivity index (χ0v) is 11.4. The maximum absolute atomic E-state index is 13.1. The summed E-state index contributed by atoms with van der Waals surface area (Å²) in [6, 6.07) is 1.08. The number of phenols is 1. The molecule has 4 nitrogen and oxygen atoms in total. The van der Waals surface area contributed by atoms with Crippen LogP contribution in [0.2, 0.25) is 0 Å². The van der Waals surface area contributed by atoms with E-state index in [1.807, 2.05) is 6.92 Å². The molecule has 0 unspecified atom stereocenters. The summed E-state index contributed by atoms with van der Waals surface area (Å²) in [6.45, 7) is 2.50. The Morgan fingerprint density at radius 1 is 1.37 bits per heavy atom. The number of thiol groups is 1. The molecule has 0 aliphatic carbocycles. The lowest BCUT2D eigenvalue weighted by Crippen LogP contribution is -2.34. The molecule has 0 bridgehead atoms. The Morgan fingerprint density at radius 3 is 2.47 bits per heavy atom. The van der Waals surface area contributed by atoms with Gasteiger partial charge in [0.15, 0.2) is 17.4 Å². The molecule has 1 aromatic carbocycles. The summed E-state index contributed by atoms with van der Waals surface area (Å²) in [4.78, 5) is 11.6. The van der Waals surface area contributed by atoms with Gasteiger partial charge in [0, 0.05) is 18.7 Å². The highest BCUT2D eigenvalue weighted by atomic mass is 32.1. The summed E-state index contributed by atoms with van der Waals surface area (Å²) in [7, 11) is 0. The average molecular weight is 290 g/mol. The Morgan fingerprint density at radius 2 is 1.95 bits per heavy atom. The van der Waals surface area contributed by atoms with Gasteiger partial charge in [0.05, 0.1) is 5.69 Å². The second-order valence-electron chi connectivity index (χ2n) is 4.01. The van der Waals surface area contributed by atoms with Gasteiger partial charge >= 0.3 is 6.03 Å². The summed E-state index contributed by atoms with van der Waals surface area (Å²) in [5.74, 6) is -3.37. The van der Waals surface area contributed by atoms with E-state index in [-0.39, 0.29) is 5.69 Å². The van der Waals surface area contributed by atoms with Gasteiger partial charge < -0.3 is 10.4 Å². The number of amides is 2. The predicted octanol–water partition coefficient (Wildman–Crippen LogP) is 3.22. The standard InChI is InChI=1S/C12H16F2N2O2S/c1-2-3-4-5-15-12(18)16(19)8-6-9(13)11(17)10(14)7-8/h6-7,17,19H,2-5H2,1H3,(H,15,18). The molecule has 0 fully saturated rings. The monoisotopic (exact) mass is 290 g/mol. The van der Waals surface area contributed by atoms with Crippen LogP contribution in [0.5, 0.6) is 5.75 Å². The van der Waals surface area contributed by atoms with Crippen molar-refractivity contribution in [2.45, 2.75) is 26.2 Å². The summed E-state index contributed by atoms with van der Waals surface area (Å²) < 4.78 is 27.1. The molecule has 0 heterocycles. The molecule has 2 N–H and O–H groups in total. The molecule has 106 valence electrons. The van der Waals surface area contributed by atoms with E-state index in [1.165, 1.54) is 0 Å². The summed E-state index contributed by atoms with van der Waals surface area (Å²) in [5, 5.41) is 11.5. The van der Waals surface area contributed by atoms with Crippen molar-refractivity contribution in [2.75, 3.05) is 10.8 Å². The van der Waals surface area contributed by atoms with Crippen molar-refractivity contribution in [2.24, 2.45) is 0 Å². The van der Waals surface area contributed by atoms with Crippen molar-refractivity contribution in [3.8, 4) is 5.75 Å². The minimum Gasteiger partial charge on any atom is -0.503 e. The molecule has 1 aromatic rings. The number of urea groups is 1. The second kappa shape index (κ2) is 7.18. The quantitative estimate of drug-likeness (QED) is 0.576. The molecular formula is C12H16F2N2O2S. The number of benzene rings is 1. The minimum atomic E-state index is -1.15. The van der Waals surface area contributed by atoms with Crippen LogP contribution in [0.4, 0.5) is 19.3 Å². The highest BCUT2D eigenvalue weighted by molar-refractivity contribution is 7.82. The number of carbonyl (C=O) groups excluding carboxylic acids is 1. The molecule has 1 rings (SSSR count). The van der Waals surface area contributed by atoms with Gasteiger partial charge in [-0.1, -0.05) is 32.6 Å². The highest BCUT2D eigenvalue weighted by Gasteiger charge is 2.16. The number of anilines is 1. The van der Waals surface area contributed by atoms with Gasteiger partial charge in [-0.15, -0.1) is 0 Å². The first-order chi connectivity index (χ1) is 8.97. The SMILES string of the molecule is CCCCCNC(=O)N(S)c1cc(F)c(O)c(F)c1. The summed E-state index contributed by atoms with van der Waals surface area (Å²) in [5.41, 5.74) is -0.0934. The first-order valence-corrected chi connectivity index (χ1v) is 6.32. The van der Waals surface area contributed by atoms with Crippen LogP contribution in [0.3, 0.4) is 0 Å². The third-order valence-electron chi connectivity index (χ3n) is 2.50. The topological polar surface area (TPSA) is 52.6 Å². The largest absolute Gasteiger partial charge is 0.503 e. The molecule has 0 saturated heterocycles. The van der Waals surface area contributed by atoms with Crippen LogP contribution in [0.1, 0.15) is 26.2 Å². The maximum Gasteiger partial charge on any atom is 0.331 e. The fraction of sp³-hybridized carbons (Fsp3) is 0.417. The van der Waals surface area contributed by atoms with E-state index in [2.05, 4.69) is 18.1 Å². The molecule has 2 amide bonds. The molecule has 0 radical (unpaired) electrons. The number of hydrogen-bond donors (Lipinski definition) is 3. The van der Waals surface area contributed by atoms with Crippen molar-refractivity contribution >= 4 is 24.5 Å². The molecule has 0 aromatic heterocycles. The van der Waals surface area contributed by atoms with Gasteiger partial charge in [-0.2, -0.15) is 0 Å². The van der Waals surface area contributed by atoms with Crippen LogP contribution < -0.4 is 9.62 Å². The molecule has 0 aliphatic rings. The van der Waals surface area contributed by atoms with E-state index in [9.17, 15) is 13.6 Å². The Bertz CT molecular complexity index is 434. The molecule has 0 atom stereocenters. The molecule has 19 heavy (non-hydrogen) atoms. The Labute approximate surface area is 116 Å². The van der Waals surface area contributed by atoms with Crippen molar-refractivity contribution in [3.05, 3.63) is 23.8 Å². The zero-order chi connectivity index (χ0) is 14.4. The van der Waals surface area contributed by atoms with Gasteiger partial charge in [-0.25, -0.2) is 17.9 Å². The molecule has 0 aliphatic heterocycles. The predicted molar refractivity (Wildman–Crippen MR) is 72.4 cm³/mol. The molecule has 0 saturated carbocycles. The van der Waals surface area contributed by atoms with Gasteiger partial charge in [0.1, 0.15) is 0 Å². The summed E-state index contributed by atoms with van der Waals surface area (Å²) in [6.07, 6.45) is 2.83. The number of nitrogens with one attached hydrogen (secondary N) is 1. The van der Waals surface area contributed by atoms with E-state index in [0.717, 1.165) is 35.7 Å². The number of halogens is 2. The van der Waals surface area contributed by atoms with Crippen molar-refractivity contribution < 1.29 is 18.7 Å². The Kier molecular flexibility index (Phi) is 5.88. The highest BCUT2D eigenvalue weighted by Crippen LogP contribution is 2.27. The smallest absolute Gasteiger partial charge is 0.331 e. The minimum absolute atomic E-state index is 0.0934. The number of carbonyl (C=O) groups is 1. The Balaban J connectivity index is 2.66. The van der Waals surface area contributed by atoms with Gasteiger partial charge in [-0.3, -0.25) is 0 Å². The van der Waals surface area contributed by atoms with Gasteiger partial charge in [0.25, 0.3) is 0 Å². The number of hydrogen-bond acceptors (Lipinski definition) is 3. The van der Waals surface area contributed by atoms with Crippen LogP contribution >= 0.6 is 12.8 Å². The number of phenolic OH excluding ortho intramolecular Hbond substituents is 1. The molecule has 7 heteroatoms. The first-order valence-electron chi connectivity index (χ1n) is 5.92. The van der Waals surface area contributed by atoms with Gasteiger partial charge in [-0.05, 0) is 6.42 Å². The lowest BCUT2D eigenvalue weighted by atomic mass is 10.2. The van der Waals surface area contributed by atoms with Crippen LogP contribution in [-0.2, 0) is 0 Å². The van der Waals surface area contributed by atoms with E-state index < -0.39 is 23.4 Å².